The molecule has 6 nitrogen and oxygen atoms in total. The van der Waals surface area contributed by atoms with Crippen molar-refractivity contribution in [2.24, 2.45) is 0 Å². The molecule has 3 aromatic rings. The number of hydrogen-bond donors (Lipinski definition) is 1. The summed E-state index contributed by atoms with van der Waals surface area (Å²) in [5.74, 6) is 1.92. The second kappa shape index (κ2) is 7.99. The molecule has 3 rings (SSSR count). The second-order valence-corrected chi connectivity index (χ2v) is 6.45. The summed E-state index contributed by atoms with van der Waals surface area (Å²) in [6, 6.07) is 10.1. The van der Waals surface area contributed by atoms with Crippen molar-refractivity contribution in [3.63, 3.8) is 0 Å². The third-order valence-corrected chi connectivity index (χ3v) is 4.40. The summed E-state index contributed by atoms with van der Waals surface area (Å²) in [6.45, 7) is 6.20. The van der Waals surface area contributed by atoms with Gasteiger partial charge in [0, 0.05) is 24.5 Å². The molecule has 1 atom stereocenters. The van der Waals surface area contributed by atoms with Crippen LogP contribution in [0, 0.1) is 6.92 Å². The number of rotatable bonds is 7. The molecular weight excluding hydrogens is 328 g/mol. The van der Waals surface area contributed by atoms with E-state index in [0.29, 0.717) is 18.7 Å². The first-order chi connectivity index (χ1) is 12.6. The molecule has 0 fully saturated rings. The molecule has 6 heteroatoms. The number of aromatic nitrogens is 3. The van der Waals surface area contributed by atoms with Crippen molar-refractivity contribution in [2.75, 3.05) is 5.32 Å². The molecule has 0 radical (unpaired) electrons. The molecule has 2 heterocycles. The van der Waals surface area contributed by atoms with Crippen molar-refractivity contribution in [2.45, 2.75) is 46.1 Å². The minimum atomic E-state index is -0.0786. The van der Waals surface area contributed by atoms with Gasteiger partial charge in [-0.2, -0.15) is 5.10 Å². The molecule has 0 aliphatic heterocycles. The Morgan fingerprint density at radius 2 is 2.04 bits per heavy atom. The average Bonchev–Trinajstić information content (AvgIpc) is 3.29. The summed E-state index contributed by atoms with van der Waals surface area (Å²) in [5.41, 5.74) is 2.18. The van der Waals surface area contributed by atoms with Gasteiger partial charge in [-0.3, -0.25) is 4.79 Å². The highest BCUT2D eigenvalue weighted by molar-refractivity contribution is 5.89. The predicted molar refractivity (Wildman–Crippen MR) is 101 cm³/mol. The van der Waals surface area contributed by atoms with Crippen LogP contribution < -0.4 is 5.32 Å². The van der Waals surface area contributed by atoms with Crippen LogP contribution >= 0.6 is 0 Å². The van der Waals surface area contributed by atoms with E-state index in [1.807, 2.05) is 41.9 Å². The Morgan fingerprint density at radius 1 is 1.27 bits per heavy atom. The van der Waals surface area contributed by atoms with E-state index >= 15 is 0 Å². The molecule has 1 amide bonds. The highest BCUT2D eigenvalue weighted by Crippen LogP contribution is 2.21. The van der Waals surface area contributed by atoms with Gasteiger partial charge in [0.25, 0.3) is 0 Å². The minimum absolute atomic E-state index is 0.0786. The summed E-state index contributed by atoms with van der Waals surface area (Å²) in [5, 5.41) is 7.19. The Labute approximate surface area is 153 Å². The van der Waals surface area contributed by atoms with Crippen molar-refractivity contribution >= 4 is 11.7 Å². The fraction of sp³-hybridized carbons (Fsp3) is 0.350. The molecular formula is C20H24N4O2. The Balaban J connectivity index is 1.57. The molecule has 26 heavy (non-hydrogen) atoms. The molecule has 0 aliphatic carbocycles. The number of nitrogens with one attached hydrogen (secondary N) is 1. The average molecular weight is 352 g/mol. The zero-order chi connectivity index (χ0) is 18.5. The number of aryl methyl sites for hydroxylation is 2. The van der Waals surface area contributed by atoms with E-state index < -0.39 is 0 Å². The number of oxazole rings is 1. The molecule has 0 saturated carbocycles. The zero-order valence-corrected chi connectivity index (χ0v) is 15.4. The van der Waals surface area contributed by atoms with Crippen molar-refractivity contribution in [3.8, 4) is 11.3 Å². The Morgan fingerprint density at radius 3 is 2.77 bits per heavy atom. The van der Waals surface area contributed by atoms with Crippen LogP contribution in [0.25, 0.3) is 11.3 Å². The quantitative estimate of drug-likeness (QED) is 0.684. The Bertz CT molecular complexity index is 864. The van der Waals surface area contributed by atoms with E-state index in [0.717, 1.165) is 23.6 Å². The van der Waals surface area contributed by atoms with Gasteiger partial charge >= 0.3 is 0 Å². The van der Waals surface area contributed by atoms with Gasteiger partial charge in [0.1, 0.15) is 5.82 Å². The van der Waals surface area contributed by atoms with Crippen LogP contribution in [0.2, 0.25) is 0 Å². The molecule has 0 aliphatic rings. The van der Waals surface area contributed by atoms with Gasteiger partial charge in [-0.15, -0.1) is 0 Å². The third-order valence-electron chi connectivity index (χ3n) is 4.40. The maximum Gasteiger partial charge on any atom is 0.226 e. The summed E-state index contributed by atoms with van der Waals surface area (Å²) < 4.78 is 7.60. The first-order valence-corrected chi connectivity index (χ1v) is 8.92. The van der Waals surface area contributed by atoms with E-state index in [2.05, 4.69) is 29.2 Å². The van der Waals surface area contributed by atoms with E-state index in [4.69, 9.17) is 4.42 Å². The van der Waals surface area contributed by atoms with Crippen molar-refractivity contribution < 1.29 is 9.21 Å². The predicted octanol–water partition coefficient (Wildman–Crippen LogP) is 4.39. The van der Waals surface area contributed by atoms with Gasteiger partial charge in [0.05, 0.1) is 18.4 Å². The summed E-state index contributed by atoms with van der Waals surface area (Å²) in [7, 11) is 0. The lowest BCUT2D eigenvalue weighted by Gasteiger charge is -2.13. The fourth-order valence-electron chi connectivity index (χ4n) is 2.64. The van der Waals surface area contributed by atoms with Crippen molar-refractivity contribution in [1.29, 1.82) is 0 Å². The summed E-state index contributed by atoms with van der Waals surface area (Å²) in [6.07, 6.45) is 5.11. The highest BCUT2D eigenvalue weighted by Gasteiger charge is 2.13. The van der Waals surface area contributed by atoms with E-state index in [-0.39, 0.29) is 11.9 Å². The van der Waals surface area contributed by atoms with Crippen LogP contribution in [0.1, 0.15) is 44.2 Å². The van der Waals surface area contributed by atoms with Crippen molar-refractivity contribution in [1.82, 2.24) is 14.8 Å². The lowest BCUT2D eigenvalue weighted by atomic mass is 10.1. The molecule has 0 spiro atoms. The fourth-order valence-corrected chi connectivity index (χ4v) is 2.64. The normalized spacial score (nSPS) is 12.1. The summed E-state index contributed by atoms with van der Waals surface area (Å²) >= 11 is 0. The summed E-state index contributed by atoms with van der Waals surface area (Å²) in [4.78, 5) is 16.5. The number of benzene rings is 1. The topological polar surface area (TPSA) is 73.0 Å². The van der Waals surface area contributed by atoms with Gasteiger partial charge < -0.3 is 9.73 Å². The second-order valence-electron chi connectivity index (χ2n) is 6.45. The van der Waals surface area contributed by atoms with Crippen LogP contribution in [0.15, 0.2) is 47.1 Å². The first kappa shape index (κ1) is 17.9. The van der Waals surface area contributed by atoms with Gasteiger partial charge in [0.15, 0.2) is 11.7 Å². The molecule has 136 valence electrons. The van der Waals surface area contributed by atoms with E-state index in [1.165, 1.54) is 5.56 Å². The Hall–Kier alpha value is -2.89. The first-order valence-electron chi connectivity index (χ1n) is 8.92. The lowest BCUT2D eigenvalue weighted by molar-refractivity contribution is -0.116. The van der Waals surface area contributed by atoms with Crippen LogP contribution in [-0.4, -0.2) is 20.7 Å². The van der Waals surface area contributed by atoms with Crippen LogP contribution in [-0.2, 0) is 11.2 Å². The number of anilines is 1. The van der Waals surface area contributed by atoms with Gasteiger partial charge in [-0.25, -0.2) is 9.67 Å². The van der Waals surface area contributed by atoms with Gasteiger partial charge in [-0.05, 0) is 20.3 Å². The van der Waals surface area contributed by atoms with Crippen molar-refractivity contribution in [3.05, 3.63) is 54.2 Å². The number of hydrogen-bond acceptors (Lipinski definition) is 4. The Kier molecular flexibility index (Phi) is 5.51. The van der Waals surface area contributed by atoms with Crippen LogP contribution in [0.5, 0.6) is 0 Å². The molecule has 0 saturated heterocycles. The monoisotopic (exact) mass is 352 g/mol. The highest BCUT2D eigenvalue weighted by atomic mass is 16.4. The molecule has 2 aromatic heterocycles. The van der Waals surface area contributed by atoms with E-state index in [9.17, 15) is 4.79 Å². The maximum absolute atomic E-state index is 12.2. The van der Waals surface area contributed by atoms with Crippen LogP contribution in [0.4, 0.5) is 5.82 Å². The number of carbonyl (C=O) groups excluding carboxylic acids is 1. The number of carbonyl (C=O) groups is 1. The molecule has 1 unspecified atom stereocenters. The lowest BCUT2D eigenvalue weighted by Crippen LogP contribution is -2.17. The largest absolute Gasteiger partial charge is 0.441 e. The van der Waals surface area contributed by atoms with Crippen LogP contribution in [0.3, 0.4) is 0 Å². The SMILES string of the molecule is CCC(C)n1nccc1NC(=O)CCc1ncc(-c2ccc(C)cc2)o1. The zero-order valence-electron chi connectivity index (χ0n) is 15.4. The third kappa shape index (κ3) is 4.20. The smallest absolute Gasteiger partial charge is 0.226 e. The van der Waals surface area contributed by atoms with E-state index in [1.54, 1.807) is 12.4 Å². The molecule has 1 N–H and O–H groups in total. The standard InChI is InChI=1S/C20H24N4O2/c1-4-15(3)24-18(11-12-22-24)23-19(25)9-10-20-21-13-17(26-20)16-7-5-14(2)6-8-16/h5-8,11-13,15H,4,9-10H2,1-3H3,(H,23,25). The molecule has 1 aromatic carbocycles. The van der Waals surface area contributed by atoms with Gasteiger partial charge in [-0.1, -0.05) is 36.8 Å². The maximum atomic E-state index is 12.2. The molecule has 0 bridgehead atoms. The number of nitrogens with zero attached hydrogens (tertiary/aromatic N) is 3. The number of amides is 1. The van der Waals surface area contributed by atoms with Gasteiger partial charge in [0.2, 0.25) is 5.91 Å². The minimum Gasteiger partial charge on any atom is -0.441 e.